The van der Waals surface area contributed by atoms with E-state index in [4.69, 9.17) is 4.74 Å². The van der Waals surface area contributed by atoms with E-state index in [9.17, 15) is 0 Å². The van der Waals surface area contributed by atoms with Crippen LogP contribution in [0.3, 0.4) is 0 Å². The molecule has 0 amide bonds. The molecule has 7 nitrogen and oxygen atoms in total. The van der Waals surface area contributed by atoms with Crippen LogP contribution in [-0.4, -0.2) is 53.5 Å². The summed E-state index contributed by atoms with van der Waals surface area (Å²) in [6.45, 7) is 10.8. The first-order valence-corrected chi connectivity index (χ1v) is 11.2. The smallest absolute Gasteiger partial charge is 0.214 e. The van der Waals surface area contributed by atoms with E-state index in [0.717, 1.165) is 49.7 Å². The van der Waals surface area contributed by atoms with Crippen molar-refractivity contribution in [1.82, 2.24) is 20.2 Å². The minimum absolute atomic E-state index is 0.0225. The van der Waals surface area contributed by atoms with Gasteiger partial charge in [0.25, 0.3) is 0 Å². The van der Waals surface area contributed by atoms with Crippen molar-refractivity contribution in [3.05, 3.63) is 66.0 Å². The summed E-state index contributed by atoms with van der Waals surface area (Å²) in [6.07, 6.45) is 0.949. The van der Waals surface area contributed by atoms with Gasteiger partial charge in [-0.3, -0.25) is 4.90 Å². The predicted octanol–water partition coefficient (Wildman–Crippen LogP) is 1.03. The van der Waals surface area contributed by atoms with Crippen LogP contribution in [0.1, 0.15) is 44.6 Å². The van der Waals surface area contributed by atoms with Gasteiger partial charge >= 0.3 is 0 Å². The predicted molar refractivity (Wildman–Crippen MR) is 120 cm³/mol. The Bertz CT molecular complexity index is 978. The van der Waals surface area contributed by atoms with Gasteiger partial charge < -0.3 is 9.64 Å². The standard InChI is InChI=1S/C24H32N6O/c1-5-24(2,3)30-23(25-26-27-30)22(20-13-9-10-14-21(20)31-4)29-17-15-28(16-18-29)19-11-7-6-8-12-19/h6-14,22H,5,15-18H2,1-4H3/p+2/t22-/m1/s1. The summed E-state index contributed by atoms with van der Waals surface area (Å²) in [7, 11) is 1.74. The highest BCUT2D eigenvalue weighted by molar-refractivity contribution is 5.37. The fourth-order valence-electron chi connectivity index (χ4n) is 4.53. The molecule has 1 aromatic heterocycles. The first-order chi connectivity index (χ1) is 15.0. The monoisotopic (exact) mass is 422 g/mol. The molecule has 0 radical (unpaired) electrons. The normalized spacial score (nSPS) is 20.4. The Balaban J connectivity index is 1.69. The second-order valence-corrected chi connectivity index (χ2v) is 8.92. The van der Waals surface area contributed by atoms with Crippen LogP contribution in [-0.2, 0) is 5.54 Å². The van der Waals surface area contributed by atoms with Crippen LogP contribution in [0.15, 0.2) is 54.6 Å². The van der Waals surface area contributed by atoms with Gasteiger partial charge in [-0.1, -0.05) is 37.3 Å². The van der Waals surface area contributed by atoms with Crippen molar-refractivity contribution in [2.75, 3.05) is 33.3 Å². The molecule has 31 heavy (non-hydrogen) atoms. The lowest BCUT2D eigenvalue weighted by Crippen LogP contribution is -3.26. The number of para-hydroxylation sites is 2. The first-order valence-electron chi connectivity index (χ1n) is 11.2. The number of aromatic nitrogens is 4. The van der Waals surface area contributed by atoms with E-state index < -0.39 is 0 Å². The zero-order valence-electron chi connectivity index (χ0n) is 19.0. The van der Waals surface area contributed by atoms with Gasteiger partial charge in [0.1, 0.15) is 37.6 Å². The van der Waals surface area contributed by atoms with E-state index in [-0.39, 0.29) is 11.6 Å². The molecule has 2 heterocycles. The third kappa shape index (κ3) is 4.34. The Morgan fingerprint density at radius 1 is 1.00 bits per heavy atom. The van der Waals surface area contributed by atoms with Gasteiger partial charge in [-0.15, -0.1) is 5.10 Å². The number of nitrogens with zero attached hydrogens (tertiary/aromatic N) is 4. The average molecular weight is 423 g/mol. The van der Waals surface area contributed by atoms with Crippen LogP contribution in [0, 0.1) is 0 Å². The molecule has 2 N–H and O–H groups in total. The molecule has 7 heteroatoms. The van der Waals surface area contributed by atoms with Gasteiger partial charge in [0.2, 0.25) is 5.82 Å². The van der Waals surface area contributed by atoms with Crippen molar-refractivity contribution in [3.8, 4) is 5.75 Å². The minimum Gasteiger partial charge on any atom is -0.496 e. The van der Waals surface area contributed by atoms with Crippen LogP contribution >= 0.6 is 0 Å². The van der Waals surface area contributed by atoms with Crippen molar-refractivity contribution in [3.63, 3.8) is 0 Å². The van der Waals surface area contributed by atoms with Crippen LogP contribution in [0.2, 0.25) is 0 Å². The maximum Gasteiger partial charge on any atom is 0.214 e. The topological polar surface area (TPSA) is 61.7 Å². The fourth-order valence-corrected chi connectivity index (χ4v) is 4.53. The molecule has 0 aliphatic carbocycles. The van der Waals surface area contributed by atoms with Crippen LogP contribution in [0.5, 0.6) is 5.75 Å². The minimum atomic E-state index is -0.157. The third-order valence-electron chi connectivity index (χ3n) is 6.73. The Hall–Kier alpha value is -2.77. The Morgan fingerprint density at radius 2 is 1.68 bits per heavy atom. The number of rotatable bonds is 7. The summed E-state index contributed by atoms with van der Waals surface area (Å²) in [6, 6.07) is 19.1. The summed E-state index contributed by atoms with van der Waals surface area (Å²) in [5, 5.41) is 13.1. The highest BCUT2D eigenvalue weighted by atomic mass is 16.5. The number of tetrazole rings is 1. The molecule has 0 unspecified atom stereocenters. The largest absolute Gasteiger partial charge is 0.496 e. The first kappa shape index (κ1) is 21.5. The molecule has 1 saturated heterocycles. The quantitative estimate of drug-likeness (QED) is 0.597. The summed E-state index contributed by atoms with van der Waals surface area (Å²) in [5.74, 6) is 1.80. The second-order valence-electron chi connectivity index (χ2n) is 8.92. The van der Waals surface area contributed by atoms with E-state index in [2.05, 4.69) is 78.8 Å². The zero-order valence-corrected chi connectivity index (χ0v) is 19.0. The highest BCUT2D eigenvalue weighted by Crippen LogP contribution is 2.29. The lowest BCUT2D eigenvalue weighted by Gasteiger charge is -2.35. The molecular weight excluding hydrogens is 388 g/mol. The lowest BCUT2D eigenvalue weighted by molar-refractivity contribution is -1.00. The third-order valence-corrected chi connectivity index (χ3v) is 6.73. The molecule has 1 aliphatic heterocycles. The van der Waals surface area contributed by atoms with Crippen molar-refractivity contribution >= 4 is 5.69 Å². The molecule has 3 aromatic rings. The summed E-state index contributed by atoms with van der Waals surface area (Å²) < 4.78 is 7.78. The Kier molecular flexibility index (Phi) is 6.34. The van der Waals surface area contributed by atoms with E-state index in [1.165, 1.54) is 15.5 Å². The number of hydrogen-bond donors (Lipinski definition) is 2. The van der Waals surface area contributed by atoms with Gasteiger partial charge in [-0.05, 0) is 55.0 Å². The van der Waals surface area contributed by atoms with Crippen LogP contribution in [0.4, 0.5) is 5.69 Å². The molecule has 1 aliphatic rings. The molecule has 0 saturated carbocycles. The molecule has 1 fully saturated rings. The van der Waals surface area contributed by atoms with Crippen molar-refractivity contribution in [2.24, 2.45) is 0 Å². The highest BCUT2D eigenvalue weighted by Gasteiger charge is 2.39. The molecule has 2 aromatic carbocycles. The molecule has 4 rings (SSSR count). The van der Waals surface area contributed by atoms with Gasteiger partial charge in [0.15, 0.2) is 6.04 Å². The number of hydrogen-bond acceptors (Lipinski definition) is 4. The van der Waals surface area contributed by atoms with E-state index in [0.29, 0.717) is 0 Å². The Morgan fingerprint density at radius 3 is 2.35 bits per heavy atom. The van der Waals surface area contributed by atoms with Gasteiger partial charge in [0.05, 0.1) is 18.2 Å². The number of methoxy groups -OCH3 is 1. The number of piperazine rings is 1. The molecule has 1 atom stereocenters. The number of quaternary nitrogens is 2. The maximum absolute atomic E-state index is 5.76. The van der Waals surface area contributed by atoms with Crippen molar-refractivity contribution in [2.45, 2.75) is 38.8 Å². The van der Waals surface area contributed by atoms with Crippen LogP contribution in [0.25, 0.3) is 0 Å². The summed E-state index contributed by atoms with van der Waals surface area (Å²) in [4.78, 5) is 3.02. The summed E-state index contributed by atoms with van der Waals surface area (Å²) >= 11 is 0. The Labute approximate surface area is 184 Å². The number of ether oxygens (including phenoxy) is 1. The maximum atomic E-state index is 5.76. The van der Waals surface area contributed by atoms with Gasteiger partial charge in [-0.2, -0.15) is 0 Å². The molecular formula is C24H34N6O+2. The van der Waals surface area contributed by atoms with E-state index in [1.807, 2.05) is 16.8 Å². The van der Waals surface area contributed by atoms with E-state index >= 15 is 0 Å². The SMILES string of the molecule is CCC(C)(C)n1nnnc1[C@@H](c1ccccc1OC)[NH+]1CC[NH+](c2ccccc2)CC1. The van der Waals surface area contributed by atoms with Crippen molar-refractivity contribution in [1.29, 1.82) is 0 Å². The van der Waals surface area contributed by atoms with Crippen LogP contribution < -0.4 is 14.5 Å². The summed E-state index contributed by atoms with van der Waals surface area (Å²) in [5.41, 5.74) is 2.36. The van der Waals surface area contributed by atoms with Gasteiger partial charge in [0, 0.05) is 0 Å². The number of nitrogens with one attached hydrogen (secondary N) is 2. The molecule has 0 bridgehead atoms. The zero-order chi connectivity index (χ0) is 21.8. The average Bonchev–Trinajstić information content (AvgIpc) is 3.31. The molecule has 164 valence electrons. The lowest BCUT2D eigenvalue weighted by atomic mass is 9.98. The van der Waals surface area contributed by atoms with Crippen molar-refractivity contribution < 1.29 is 14.5 Å². The molecule has 0 spiro atoms. The second kappa shape index (κ2) is 9.16. The fraction of sp³-hybridized carbons (Fsp3) is 0.458. The number of benzene rings is 2. The van der Waals surface area contributed by atoms with E-state index in [1.54, 1.807) is 7.11 Å². The van der Waals surface area contributed by atoms with Gasteiger partial charge in [-0.25, -0.2) is 4.68 Å².